The van der Waals surface area contributed by atoms with Crippen molar-refractivity contribution in [1.82, 2.24) is 5.32 Å². The molecule has 468 valence electrons. The molecule has 1 heterocycles. The number of ether oxygens (including phenoxy) is 3. The molecular formula is C71H119NO10. The molecule has 0 radical (unpaired) electrons. The number of allylic oxidation sites excluding steroid dienone is 19. The van der Waals surface area contributed by atoms with Gasteiger partial charge in [-0.3, -0.25) is 9.59 Å². The van der Waals surface area contributed by atoms with Crippen molar-refractivity contribution in [2.24, 2.45) is 0 Å². The average Bonchev–Trinajstić information content (AvgIpc) is 3.68. The smallest absolute Gasteiger partial charge is 0.306 e. The fourth-order valence-corrected chi connectivity index (χ4v) is 9.57. The maximum Gasteiger partial charge on any atom is 0.306 e. The van der Waals surface area contributed by atoms with Gasteiger partial charge in [0, 0.05) is 6.42 Å². The number of rotatable bonds is 54. The Hall–Kier alpha value is -3.94. The van der Waals surface area contributed by atoms with Gasteiger partial charge in [0.25, 0.3) is 0 Å². The molecule has 0 aromatic carbocycles. The molecular weight excluding hydrogens is 1030 g/mol. The Morgan fingerprint density at radius 1 is 0.500 bits per heavy atom. The predicted octanol–water partition coefficient (Wildman–Crippen LogP) is 16.2. The van der Waals surface area contributed by atoms with E-state index in [2.05, 4.69) is 99.0 Å². The van der Waals surface area contributed by atoms with E-state index in [9.17, 15) is 35.1 Å². The van der Waals surface area contributed by atoms with Crippen LogP contribution >= 0.6 is 0 Å². The summed E-state index contributed by atoms with van der Waals surface area (Å²) in [5, 5.41) is 57.1. The average molecular weight is 1150 g/mol. The minimum atomic E-state index is -1.63. The second-order valence-electron chi connectivity index (χ2n) is 22.2. The van der Waals surface area contributed by atoms with Gasteiger partial charge in [0.05, 0.1) is 25.4 Å². The summed E-state index contributed by atoms with van der Waals surface area (Å²) in [4.78, 5) is 26.6. The zero-order valence-electron chi connectivity index (χ0n) is 51.8. The van der Waals surface area contributed by atoms with E-state index in [1.165, 1.54) is 83.5 Å². The largest absolute Gasteiger partial charge is 0.454 e. The zero-order valence-corrected chi connectivity index (χ0v) is 51.8. The Bertz CT molecular complexity index is 1800. The normalized spacial score (nSPS) is 19.4. The lowest BCUT2D eigenvalue weighted by molar-refractivity contribution is -0.305. The Morgan fingerprint density at radius 2 is 0.939 bits per heavy atom. The van der Waals surface area contributed by atoms with Gasteiger partial charge in [-0.2, -0.15) is 0 Å². The molecule has 0 spiro atoms. The number of carbonyl (C=O) groups excluding carboxylic acids is 2. The number of hydrogen-bond acceptors (Lipinski definition) is 10. The van der Waals surface area contributed by atoms with Crippen LogP contribution in [0.25, 0.3) is 0 Å². The Balaban J connectivity index is 2.62. The van der Waals surface area contributed by atoms with E-state index in [1.54, 1.807) is 6.08 Å². The lowest BCUT2D eigenvalue weighted by Crippen LogP contribution is -2.61. The number of hydrogen-bond donors (Lipinski definition) is 6. The SMILES string of the molecule is CC/C=C\C/C=C\C/C=C\C/C=C\C/C=C\CCCCCCCCCCCCC(O)C(=O)NC(COC1OC(CO)C(O)C(O)C1OC(=O)CCCCCCC\C=C/C=C/C=C/C=C/CC)C(O)/C=C/CCCCCCCCCCCC. The van der Waals surface area contributed by atoms with Gasteiger partial charge in [-0.1, -0.05) is 277 Å². The van der Waals surface area contributed by atoms with Crippen LogP contribution in [0.3, 0.4) is 0 Å². The fourth-order valence-electron chi connectivity index (χ4n) is 9.57. The highest BCUT2D eigenvalue weighted by Crippen LogP contribution is 2.26. The van der Waals surface area contributed by atoms with Gasteiger partial charge in [0.2, 0.25) is 5.91 Å². The molecule has 0 aromatic heterocycles. The van der Waals surface area contributed by atoms with Crippen LogP contribution in [-0.4, -0.2) is 99.6 Å². The standard InChI is InChI=1S/C71H119NO10/c1-4-7-10-13-16-19-22-25-27-28-29-30-31-32-33-34-35-36-37-39-40-43-46-49-52-55-58-64(75)70(79)72-62(63(74)57-54-51-48-45-42-24-21-18-15-12-9-6-3)61-80-71-69(68(78)67(77)65(60-73)81-71)82-66(76)59-56-53-50-47-44-41-38-26-23-20-17-14-11-8-5-2/h7-8,10-11,14,16-17,19-20,23,25-27,29-30,32-33,38,54,57,62-65,67-69,71,73-75,77-78H,4-6,9,12-13,15,18,21-22,24,28,31,34-37,39-53,55-56,58-61H2,1-3H3,(H,72,79)/b10-7-,11-8+,17-14+,19-16-,23-20+,27-25-,30-29-,33-32-,38-26-,57-54+. The first-order valence-corrected chi connectivity index (χ1v) is 32.9. The van der Waals surface area contributed by atoms with Crippen LogP contribution < -0.4 is 5.32 Å². The van der Waals surface area contributed by atoms with Crippen molar-refractivity contribution in [2.45, 2.75) is 301 Å². The summed E-state index contributed by atoms with van der Waals surface area (Å²) in [7, 11) is 0. The van der Waals surface area contributed by atoms with Gasteiger partial charge in [-0.15, -0.1) is 0 Å². The minimum absolute atomic E-state index is 0.0914. The topological polar surface area (TPSA) is 175 Å². The Kier molecular flexibility index (Phi) is 53.3. The summed E-state index contributed by atoms with van der Waals surface area (Å²) < 4.78 is 17.6. The van der Waals surface area contributed by atoms with Crippen molar-refractivity contribution in [3.05, 3.63) is 122 Å². The summed E-state index contributed by atoms with van der Waals surface area (Å²) >= 11 is 0. The van der Waals surface area contributed by atoms with Crippen molar-refractivity contribution in [1.29, 1.82) is 0 Å². The number of aliphatic hydroxyl groups excluding tert-OH is 5. The highest BCUT2D eigenvalue weighted by molar-refractivity contribution is 5.80. The molecule has 11 heteroatoms. The van der Waals surface area contributed by atoms with E-state index in [0.29, 0.717) is 12.8 Å². The summed E-state index contributed by atoms with van der Waals surface area (Å²) in [5.74, 6) is -1.23. The number of aliphatic hydroxyl groups is 5. The van der Waals surface area contributed by atoms with Crippen molar-refractivity contribution >= 4 is 11.9 Å². The Morgan fingerprint density at radius 3 is 1.46 bits per heavy atom. The third-order valence-electron chi connectivity index (χ3n) is 14.7. The molecule has 0 saturated carbocycles. The molecule has 11 nitrogen and oxygen atoms in total. The van der Waals surface area contributed by atoms with Gasteiger partial charge >= 0.3 is 5.97 Å². The quantitative estimate of drug-likeness (QED) is 0.0149. The predicted molar refractivity (Wildman–Crippen MR) is 342 cm³/mol. The summed E-state index contributed by atoms with van der Waals surface area (Å²) in [6, 6.07) is -1.04. The van der Waals surface area contributed by atoms with E-state index in [1.807, 2.05) is 42.5 Å². The van der Waals surface area contributed by atoms with Crippen LogP contribution in [-0.2, 0) is 23.8 Å². The van der Waals surface area contributed by atoms with Crippen LogP contribution in [0.1, 0.15) is 252 Å². The number of unbranched alkanes of at least 4 members (excludes halogenated alkanes) is 25. The van der Waals surface area contributed by atoms with Crippen molar-refractivity contribution in [2.75, 3.05) is 13.2 Å². The molecule has 1 aliphatic heterocycles. The number of amides is 1. The molecule has 6 N–H and O–H groups in total. The molecule has 82 heavy (non-hydrogen) atoms. The summed E-state index contributed by atoms with van der Waals surface area (Å²) in [6.07, 6.45) is 69.5. The van der Waals surface area contributed by atoms with Crippen LogP contribution in [0.4, 0.5) is 0 Å². The van der Waals surface area contributed by atoms with Crippen LogP contribution in [0.15, 0.2) is 122 Å². The number of carbonyl (C=O) groups is 2. The highest BCUT2D eigenvalue weighted by Gasteiger charge is 2.47. The lowest BCUT2D eigenvalue weighted by atomic mass is 9.99. The molecule has 1 fully saturated rings. The first-order chi connectivity index (χ1) is 40.2. The van der Waals surface area contributed by atoms with E-state index in [-0.39, 0.29) is 19.4 Å². The van der Waals surface area contributed by atoms with Gasteiger partial charge < -0.3 is 45.1 Å². The molecule has 0 aromatic rings. The maximum atomic E-state index is 13.5. The molecule has 1 rings (SSSR count). The van der Waals surface area contributed by atoms with E-state index in [0.717, 1.165) is 122 Å². The van der Waals surface area contributed by atoms with Crippen molar-refractivity contribution < 1.29 is 49.3 Å². The summed E-state index contributed by atoms with van der Waals surface area (Å²) in [5.41, 5.74) is 0. The van der Waals surface area contributed by atoms with Crippen molar-refractivity contribution in [3.8, 4) is 0 Å². The number of esters is 1. The van der Waals surface area contributed by atoms with Gasteiger partial charge in [-0.25, -0.2) is 0 Å². The maximum absolute atomic E-state index is 13.5. The third-order valence-corrected chi connectivity index (χ3v) is 14.7. The van der Waals surface area contributed by atoms with Gasteiger partial charge in [-0.05, 0) is 89.9 Å². The molecule has 1 amide bonds. The monoisotopic (exact) mass is 1150 g/mol. The molecule has 0 bridgehead atoms. The van der Waals surface area contributed by atoms with E-state index >= 15 is 0 Å². The van der Waals surface area contributed by atoms with Crippen molar-refractivity contribution in [3.63, 3.8) is 0 Å². The second-order valence-corrected chi connectivity index (χ2v) is 22.2. The third kappa shape index (κ3) is 44.6. The Labute approximate surface area is 500 Å². The van der Waals surface area contributed by atoms with Crippen LogP contribution in [0.5, 0.6) is 0 Å². The highest BCUT2D eigenvalue weighted by atomic mass is 16.7. The molecule has 8 unspecified atom stereocenters. The van der Waals surface area contributed by atoms with E-state index in [4.69, 9.17) is 14.2 Å². The van der Waals surface area contributed by atoms with Crippen LogP contribution in [0.2, 0.25) is 0 Å². The molecule has 1 saturated heterocycles. The lowest BCUT2D eigenvalue weighted by Gasteiger charge is -2.41. The number of nitrogens with one attached hydrogen (secondary N) is 1. The van der Waals surface area contributed by atoms with Gasteiger partial charge in [0.1, 0.15) is 24.4 Å². The first-order valence-electron chi connectivity index (χ1n) is 32.9. The second kappa shape index (κ2) is 57.5. The zero-order chi connectivity index (χ0) is 59.6. The van der Waals surface area contributed by atoms with Gasteiger partial charge in [0.15, 0.2) is 12.4 Å². The molecule has 1 aliphatic rings. The summed E-state index contributed by atoms with van der Waals surface area (Å²) in [6.45, 7) is 5.52. The van der Waals surface area contributed by atoms with E-state index < -0.39 is 67.4 Å². The fraction of sp³-hybridized carbons (Fsp3) is 0.690. The minimum Gasteiger partial charge on any atom is -0.454 e. The first kappa shape index (κ1) is 76.1. The molecule has 0 aliphatic carbocycles. The molecule has 8 atom stereocenters. The van der Waals surface area contributed by atoms with Crippen LogP contribution in [0, 0.1) is 0 Å².